The molecule has 0 spiro atoms. The number of aromatic amines is 1. The van der Waals surface area contributed by atoms with Crippen molar-refractivity contribution in [3.8, 4) is 0 Å². The van der Waals surface area contributed by atoms with Crippen LogP contribution in [0.3, 0.4) is 0 Å². The summed E-state index contributed by atoms with van der Waals surface area (Å²) in [6.45, 7) is 5.37. The van der Waals surface area contributed by atoms with Gasteiger partial charge in [-0.05, 0) is 40.5 Å². The van der Waals surface area contributed by atoms with Gasteiger partial charge < -0.3 is 10.3 Å². The number of rotatable bonds is 4. The molecule has 0 aliphatic rings. The number of nitrogens with one attached hydrogen (secondary N) is 2. The SMILES string of the molecule is CC(C)NCCc1c[nH]c2c(Br)cccc12. The molecule has 2 N–H and O–H groups in total. The van der Waals surface area contributed by atoms with Crippen LogP contribution in [-0.2, 0) is 6.42 Å². The van der Waals surface area contributed by atoms with E-state index in [1.807, 2.05) is 0 Å². The quantitative estimate of drug-likeness (QED) is 0.882. The standard InChI is InChI=1S/C13H17BrN2/c1-9(2)15-7-6-10-8-16-13-11(10)4-3-5-12(13)14/h3-5,8-9,15-16H,6-7H2,1-2H3. The monoisotopic (exact) mass is 280 g/mol. The predicted octanol–water partition coefficient (Wildman–Crippen LogP) is 3.47. The topological polar surface area (TPSA) is 27.8 Å². The number of hydrogen-bond donors (Lipinski definition) is 2. The van der Waals surface area contributed by atoms with E-state index in [1.165, 1.54) is 16.5 Å². The summed E-state index contributed by atoms with van der Waals surface area (Å²) in [7, 11) is 0. The van der Waals surface area contributed by atoms with Gasteiger partial charge in [0.05, 0.1) is 5.52 Å². The van der Waals surface area contributed by atoms with Crippen LogP contribution >= 0.6 is 15.9 Å². The van der Waals surface area contributed by atoms with Crippen molar-refractivity contribution in [2.45, 2.75) is 26.3 Å². The van der Waals surface area contributed by atoms with Crippen LogP contribution in [-0.4, -0.2) is 17.6 Å². The highest BCUT2D eigenvalue weighted by Crippen LogP contribution is 2.25. The summed E-state index contributed by atoms with van der Waals surface area (Å²) in [5.74, 6) is 0. The first-order valence-electron chi connectivity index (χ1n) is 5.66. The van der Waals surface area contributed by atoms with Crippen LogP contribution in [0.5, 0.6) is 0 Å². The molecule has 0 fully saturated rings. The fraction of sp³-hybridized carbons (Fsp3) is 0.385. The van der Waals surface area contributed by atoms with E-state index in [-0.39, 0.29) is 0 Å². The third-order valence-electron chi connectivity index (χ3n) is 2.70. The minimum absolute atomic E-state index is 0.553. The van der Waals surface area contributed by atoms with Crippen molar-refractivity contribution in [2.24, 2.45) is 0 Å². The summed E-state index contributed by atoms with van der Waals surface area (Å²) in [4.78, 5) is 3.32. The van der Waals surface area contributed by atoms with Crippen molar-refractivity contribution in [2.75, 3.05) is 6.54 Å². The Hall–Kier alpha value is -0.800. The predicted molar refractivity (Wildman–Crippen MR) is 72.8 cm³/mol. The van der Waals surface area contributed by atoms with Crippen LogP contribution in [0.4, 0.5) is 0 Å². The zero-order valence-corrected chi connectivity index (χ0v) is 11.3. The maximum atomic E-state index is 3.55. The number of halogens is 1. The Morgan fingerprint density at radius 3 is 2.94 bits per heavy atom. The van der Waals surface area contributed by atoms with Gasteiger partial charge in [0.25, 0.3) is 0 Å². The second-order valence-electron chi connectivity index (χ2n) is 4.34. The second kappa shape index (κ2) is 5.02. The van der Waals surface area contributed by atoms with Crippen molar-refractivity contribution in [3.05, 3.63) is 34.4 Å². The molecule has 0 radical (unpaired) electrons. The number of para-hydroxylation sites is 1. The molecule has 0 aliphatic carbocycles. The maximum Gasteiger partial charge on any atom is 0.0601 e. The molecule has 0 bridgehead atoms. The van der Waals surface area contributed by atoms with Crippen molar-refractivity contribution in [1.29, 1.82) is 0 Å². The van der Waals surface area contributed by atoms with E-state index in [4.69, 9.17) is 0 Å². The molecular formula is C13H17BrN2. The molecule has 3 heteroatoms. The molecule has 1 aromatic heterocycles. The average Bonchev–Trinajstić information content (AvgIpc) is 2.63. The summed E-state index contributed by atoms with van der Waals surface area (Å²) in [6, 6.07) is 6.87. The van der Waals surface area contributed by atoms with E-state index in [0.717, 1.165) is 17.4 Å². The van der Waals surface area contributed by atoms with Crippen LogP contribution in [0.25, 0.3) is 10.9 Å². The first-order valence-corrected chi connectivity index (χ1v) is 6.45. The molecule has 2 aromatic rings. The molecule has 16 heavy (non-hydrogen) atoms. The summed E-state index contributed by atoms with van der Waals surface area (Å²) in [5, 5.41) is 4.76. The van der Waals surface area contributed by atoms with Gasteiger partial charge in [-0.1, -0.05) is 26.0 Å². The Balaban J connectivity index is 2.16. The van der Waals surface area contributed by atoms with Gasteiger partial charge >= 0.3 is 0 Å². The molecule has 0 saturated carbocycles. The van der Waals surface area contributed by atoms with Crippen LogP contribution in [0.2, 0.25) is 0 Å². The summed E-state index contributed by atoms with van der Waals surface area (Å²) >= 11 is 3.55. The highest BCUT2D eigenvalue weighted by molar-refractivity contribution is 9.10. The lowest BCUT2D eigenvalue weighted by molar-refractivity contribution is 0.591. The Labute approximate surface area is 105 Å². The number of H-pyrrole nitrogens is 1. The van der Waals surface area contributed by atoms with Crippen molar-refractivity contribution < 1.29 is 0 Å². The lowest BCUT2D eigenvalue weighted by atomic mass is 10.1. The Morgan fingerprint density at radius 1 is 1.38 bits per heavy atom. The zero-order chi connectivity index (χ0) is 11.5. The van der Waals surface area contributed by atoms with E-state index in [1.54, 1.807) is 0 Å². The Kier molecular flexibility index (Phi) is 3.66. The van der Waals surface area contributed by atoms with Crippen LogP contribution in [0.15, 0.2) is 28.9 Å². The highest BCUT2D eigenvalue weighted by atomic mass is 79.9. The van der Waals surface area contributed by atoms with Gasteiger partial charge in [0.15, 0.2) is 0 Å². The molecule has 2 nitrogen and oxygen atoms in total. The third kappa shape index (κ3) is 2.47. The molecule has 0 unspecified atom stereocenters. The zero-order valence-electron chi connectivity index (χ0n) is 9.68. The van der Waals surface area contributed by atoms with Crippen molar-refractivity contribution in [1.82, 2.24) is 10.3 Å². The molecular weight excluding hydrogens is 264 g/mol. The lowest BCUT2D eigenvalue weighted by Crippen LogP contribution is -2.24. The van der Waals surface area contributed by atoms with Crippen LogP contribution < -0.4 is 5.32 Å². The fourth-order valence-corrected chi connectivity index (χ4v) is 2.36. The van der Waals surface area contributed by atoms with Crippen LogP contribution in [0.1, 0.15) is 19.4 Å². The van der Waals surface area contributed by atoms with Crippen LogP contribution in [0, 0.1) is 0 Å². The molecule has 0 atom stereocenters. The van der Waals surface area contributed by atoms with Gasteiger partial charge in [0, 0.05) is 22.1 Å². The number of aromatic nitrogens is 1. The first-order chi connectivity index (χ1) is 7.68. The lowest BCUT2D eigenvalue weighted by Gasteiger charge is -2.06. The van der Waals surface area contributed by atoms with Gasteiger partial charge in [0.1, 0.15) is 0 Å². The number of benzene rings is 1. The fourth-order valence-electron chi connectivity index (χ4n) is 1.88. The van der Waals surface area contributed by atoms with E-state index in [2.05, 4.69) is 64.5 Å². The third-order valence-corrected chi connectivity index (χ3v) is 3.36. The van der Waals surface area contributed by atoms with Crippen molar-refractivity contribution in [3.63, 3.8) is 0 Å². The van der Waals surface area contributed by atoms with Gasteiger partial charge in [-0.2, -0.15) is 0 Å². The number of fused-ring (bicyclic) bond motifs is 1. The minimum atomic E-state index is 0.553. The Bertz CT molecular complexity index is 474. The molecule has 2 rings (SSSR count). The van der Waals surface area contributed by atoms with Crippen molar-refractivity contribution >= 4 is 26.8 Å². The average molecular weight is 281 g/mol. The second-order valence-corrected chi connectivity index (χ2v) is 5.19. The Morgan fingerprint density at radius 2 is 2.19 bits per heavy atom. The molecule has 0 amide bonds. The molecule has 0 aliphatic heterocycles. The summed E-state index contributed by atoms with van der Waals surface area (Å²) in [5.41, 5.74) is 2.58. The summed E-state index contributed by atoms with van der Waals surface area (Å²) in [6.07, 6.45) is 3.17. The van der Waals surface area contributed by atoms with Gasteiger partial charge in [-0.3, -0.25) is 0 Å². The minimum Gasteiger partial charge on any atom is -0.360 e. The van der Waals surface area contributed by atoms with E-state index >= 15 is 0 Å². The first kappa shape index (κ1) is 11.7. The highest BCUT2D eigenvalue weighted by Gasteiger charge is 2.05. The maximum absolute atomic E-state index is 3.55. The van der Waals surface area contributed by atoms with Gasteiger partial charge in [0.2, 0.25) is 0 Å². The smallest absolute Gasteiger partial charge is 0.0601 e. The molecule has 0 saturated heterocycles. The van der Waals surface area contributed by atoms with E-state index in [0.29, 0.717) is 6.04 Å². The van der Waals surface area contributed by atoms with Gasteiger partial charge in [-0.15, -0.1) is 0 Å². The number of hydrogen-bond acceptors (Lipinski definition) is 1. The molecule has 1 heterocycles. The van der Waals surface area contributed by atoms with E-state index < -0.39 is 0 Å². The largest absolute Gasteiger partial charge is 0.360 e. The normalized spacial score (nSPS) is 11.5. The van der Waals surface area contributed by atoms with Gasteiger partial charge in [-0.25, -0.2) is 0 Å². The molecule has 86 valence electrons. The summed E-state index contributed by atoms with van der Waals surface area (Å²) < 4.78 is 1.13. The van der Waals surface area contributed by atoms with E-state index in [9.17, 15) is 0 Å². The molecule has 1 aromatic carbocycles.